The lowest BCUT2D eigenvalue weighted by molar-refractivity contribution is -0.140. The van der Waals surface area contributed by atoms with Crippen LogP contribution in [0.5, 0.6) is 11.5 Å². The summed E-state index contributed by atoms with van der Waals surface area (Å²) < 4.78 is 11.8. The summed E-state index contributed by atoms with van der Waals surface area (Å²) in [6.45, 7) is 9.58. The van der Waals surface area contributed by atoms with E-state index < -0.39 is 11.7 Å². The molecule has 1 unspecified atom stereocenters. The molecule has 1 saturated heterocycles. The van der Waals surface area contributed by atoms with E-state index in [-0.39, 0.29) is 11.7 Å². The molecular weight excluding hydrogens is 330 g/mol. The van der Waals surface area contributed by atoms with Gasteiger partial charge in [-0.1, -0.05) is 13.8 Å². The Bertz CT molecular complexity index is 689. The number of rotatable bonds is 4. The second-order valence-corrected chi connectivity index (χ2v) is 8.14. The fraction of sp³-hybridized carbons (Fsp3) is 0.619. The molecule has 26 heavy (non-hydrogen) atoms. The highest BCUT2D eigenvalue weighted by atomic mass is 16.5. The van der Waals surface area contributed by atoms with Gasteiger partial charge in [0.05, 0.1) is 12.0 Å². The van der Waals surface area contributed by atoms with Crippen LogP contribution >= 0.6 is 0 Å². The van der Waals surface area contributed by atoms with Gasteiger partial charge in [0.25, 0.3) is 5.91 Å². The summed E-state index contributed by atoms with van der Waals surface area (Å²) in [4.78, 5) is 27.1. The number of ketones is 1. The van der Waals surface area contributed by atoms with Gasteiger partial charge in [-0.15, -0.1) is 0 Å². The molecule has 0 aromatic heterocycles. The van der Waals surface area contributed by atoms with Crippen LogP contribution in [0, 0.1) is 5.92 Å². The smallest absolute Gasteiger partial charge is 0.263 e. The number of ether oxygens (including phenoxy) is 2. The van der Waals surface area contributed by atoms with Crippen molar-refractivity contribution < 1.29 is 19.1 Å². The first kappa shape index (κ1) is 18.7. The highest BCUT2D eigenvalue weighted by Crippen LogP contribution is 2.35. The first-order valence-electron chi connectivity index (χ1n) is 9.61. The molecule has 1 atom stereocenters. The second-order valence-electron chi connectivity index (χ2n) is 8.14. The molecule has 0 spiro atoms. The Kier molecular flexibility index (Phi) is 5.26. The Labute approximate surface area is 155 Å². The Hall–Kier alpha value is -2.04. The number of hydrogen-bond donors (Lipinski definition) is 0. The summed E-state index contributed by atoms with van der Waals surface area (Å²) in [5, 5.41) is 0. The minimum Gasteiger partial charge on any atom is -0.487 e. The quantitative estimate of drug-likeness (QED) is 0.819. The molecule has 1 aromatic rings. The lowest BCUT2D eigenvalue weighted by atomic mass is 9.93. The zero-order chi connectivity index (χ0) is 18.9. The molecule has 1 aromatic carbocycles. The number of amides is 1. The third-order valence-corrected chi connectivity index (χ3v) is 5.24. The van der Waals surface area contributed by atoms with Crippen molar-refractivity contribution in [3.8, 4) is 11.5 Å². The fourth-order valence-corrected chi connectivity index (χ4v) is 3.61. The van der Waals surface area contributed by atoms with E-state index >= 15 is 0 Å². The number of benzene rings is 1. The zero-order valence-electron chi connectivity index (χ0n) is 16.2. The van der Waals surface area contributed by atoms with Gasteiger partial charge in [-0.3, -0.25) is 9.59 Å². The Balaban J connectivity index is 1.72. The van der Waals surface area contributed by atoms with Gasteiger partial charge >= 0.3 is 0 Å². The highest BCUT2D eigenvalue weighted by molar-refractivity contribution is 6.00. The van der Waals surface area contributed by atoms with E-state index in [9.17, 15) is 9.59 Å². The van der Waals surface area contributed by atoms with Crippen molar-refractivity contribution in [2.75, 3.05) is 13.1 Å². The predicted molar refractivity (Wildman–Crippen MR) is 99.8 cm³/mol. The molecule has 0 saturated carbocycles. The largest absolute Gasteiger partial charge is 0.487 e. The third-order valence-electron chi connectivity index (χ3n) is 5.24. The van der Waals surface area contributed by atoms with Crippen molar-refractivity contribution >= 4 is 11.7 Å². The number of likely N-dealkylation sites (tertiary alicyclic amines) is 1. The van der Waals surface area contributed by atoms with Crippen LogP contribution in [0.15, 0.2) is 18.2 Å². The number of hydrogen-bond acceptors (Lipinski definition) is 4. The van der Waals surface area contributed by atoms with Gasteiger partial charge in [0.15, 0.2) is 11.9 Å². The van der Waals surface area contributed by atoms with Crippen LogP contribution < -0.4 is 9.47 Å². The minimum atomic E-state index is -0.516. The SMILES string of the molecule is CCC(Oc1ccc2c(c1)C(=O)CC(C)(C)O2)C(=O)N1CCC(C)CC1. The molecule has 0 N–H and O–H groups in total. The maximum atomic E-state index is 12.8. The predicted octanol–water partition coefficient (Wildman–Crippen LogP) is 3.85. The first-order valence-corrected chi connectivity index (χ1v) is 9.61. The van der Waals surface area contributed by atoms with Crippen LogP contribution in [-0.4, -0.2) is 41.4 Å². The molecule has 3 rings (SSSR count). The van der Waals surface area contributed by atoms with Crippen LogP contribution in [0.4, 0.5) is 0 Å². The molecule has 142 valence electrons. The number of piperidine rings is 1. The monoisotopic (exact) mass is 359 g/mol. The molecular formula is C21H29NO4. The molecule has 0 bridgehead atoms. The van der Waals surface area contributed by atoms with Crippen LogP contribution in [0.1, 0.15) is 63.7 Å². The number of fused-ring (bicyclic) bond motifs is 1. The number of carbonyl (C=O) groups excluding carboxylic acids is 2. The molecule has 0 radical (unpaired) electrons. The van der Waals surface area contributed by atoms with Crippen LogP contribution in [-0.2, 0) is 4.79 Å². The topological polar surface area (TPSA) is 55.8 Å². The molecule has 5 heteroatoms. The molecule has 5 nitrogen and oxygen atoms in total. The number of Topliss-reactive ketones (excluding diaryl/α,β-unsaturated/α-hetero) is 1. The van der Waals surface area contributed by atoms with E-state index in [1.54, 1.807) is 18.2 Å². The highest BCUT2D eigenvalue weighted by Gasteiger charge is 2.33. The summed E-state index contributed by atoms with van der Waals surface area (Å²) in [5.41, 5.74) is 0.0516. The summed E-state index contributed by atoms with van der Waals surface area (Å²) in [7, 11) is 0. The Morgan fingerprint density at radius 2 is 2.04 bits per heavy atom. The standard InChI is InChI=1S/C21H29NO4/c1-5-18(20(24)22-10-8-14(2)9-11-22)25-15-6-7-19-16(12-15)17(23)13-21(3,4)26-19/h6-7,12,14,18H,5,8-11,13H2,1-4H3. The van der Waals surface area contributed by atoms with Gasteiger partial charge < -0.3 is 14.4 Å². The number of nitrogens with zero attached hydrogens (tertiary/aromatic N) is 1. The van der Waals surface area contributed by atoms with Crippen molar-refractivity contribution in [1.29, 1.82) is 0 Å². The minimum absolute atomic E-state index is 0.0424. The second kappa shape index (κ2) is 7.29. The summed E-state index contributed by atoms with van der Waals surface area (Å²) in [6, 6.07) is 5.26. The average molecular weight is 359 g/mol. The molecule has 2 aliphatic heterocycles. The van der Waals surface area contributed by atoms with Crippen molar-refractivity contribution in [1.82, 2.24) is 4.90 Å². The average Bonchev–Trinajstić information content (AvgIpc) is 2.59. The summed E-state index contributed by atoms with van der Waals surface area (Å²) >= 11 is 0. The van der Waals surface area contributed by atoms with Gasteiger partial charge in [0.1, 0.15) is 17.1 Å². The van der Waals surface area contributed by atoms with Crippen molar-refractivity contribution in [3.63, 3.8) is 0 Å². The first-order chi connectivity index (χ1) is 12.3. The fourth-order valence-electron chi connectivity index (χ4n) is 3.61. The van der Waals surface area contributed by atoms with Crippen LogP contribution in [0.2, 0.25) is 0 Å². The van der Waals surface area contributed by atoms with E-state index in [0.29, 0.717) is 35.8 Å². The lowest BCUT2D eigenvalue weighted by Gasteiger charge is -2.33. The summed E-state index contributed by atoms with van der Waals surface area (Å²) in [6.07, 6.45) is 2.51. The third kappa shape index (κ3) is 4.02. The van der Waals surface area contributed by atoms with Crippen LogP contribution in [0.3, 0.4) is 0 Å². The zero-order valence-corrected chi connectivity index (χ0v) is 16.2. The molecule has 2 heterocycles. The van der Waals surface area contributed by atoms with E-state index in [0.717, 1.165) is 25.9 Å². The molecule has 2 aliphatic rings. The maximum absolute atomic E-state index is 12.8. The summed E-state index contributed by atoms with van der Waals surface area (Å²) in [5.74, 6) is 1.90. The van der Waals surface area contributed by atoms with E-state index in [1.807, 2.05) is 25.7 Å². The molecule has 0 aliphatic carbocycles. The van der Waals surface area contributed by atoms with Gasteiger partial charge in [-0.2, -0.15) is 0 Å². The Morgan fingerprint density at radius 1 is 1.35 bits per heavy atom. The van der Waals surface area contributed by atoms with E-state index in [4.69, 9.17) is 9.47 Å². The maximum Gasteiger partial charge on any atom is 0.263 e. The van der Waals surface area contributed by atoms with Crippen molar-refractivity contribution in [3.05, 3.63) is 23.8 Å². The molecule has 1 amide bonds. The van der Waals surface area contributed by atoms with Gasteiger partial charge in [-0.25, -0.2) is 0 Å². The normalized spacial score (nSPS) is 20.9. The van der Waals surface area contributed by atoms with Crippen LogP contribution in [0.25, 0.3) is 0 Å². The van der Waals surface area contributed by atoms with Gasteiger partial charge in [0.2, 0.25) is 0 Å². The van der Waals surface area contributed by atoms with Gasteiger partial charge in [0, 0.05) is 13.1 Å². The van der Waals surface area contributed by atoms with Gasteiger partial charge in [-0.05, 0) is 57.2 Å². The van der Waals surface area contributed by atoms with Crippen molar-refractivity contribution in [2.24, 2.45) is 5.92 Å². The van der Waals surface area contributed by atoms with E-state index in [1.165, 1.54) is 0 Å². The molecule has 1 fully saturated rings. The lowest BCUT2D eigenvalue weighted by Crippen LogP contribution is -2.45. The van der Waals surface area contributed by atoms with Crippen molar-refractivity contribution in [2.45, 2.75) is 65.1 Å². The number of carbonyl (C=O) groups is 2. The Morgan fingerprint density at radius 3 is 2.69 bits per heavy atom. The van der Waals surface area contributed by atoms with E-state index in [2.05, 4.69) is 6.92 Å².